The minimum atomic E-state index is -3.46. The fourth-order valence-corrected chi connectivity index (χ4v) is 5.78. The number of carbonyl (C=O) groups is 1. The standard InChI is InChI=1S/C19H20ClN5O3S/c1-12-11-13(2)25-19(21-12)22-17(23-25)18(26)24-8-7-16(29(27,28)10-9-24)14-5-3-4-6-15(14)20/h3-6,11,16H,7-10H2,1-2H3. The van der Waals surface area contributed by atoms with Crippen LogP contribution in [-0.2, 0) is 9.84 Å². The van der Waals surface area contributed by atoms with E-state index in [1.54, 1.807) is 24.3 Å². The van der Waals surface area contributed by atoms with Gasteiger partial charge in [-0.25, -0.2) is 17.9 Å². The van der Waals surface area contributed by atoms with Crippen LogP contribution in [0.15, 0.2) is 30.3 Å². The number of amides is 1. The van der Waals surface area contributed by atoms with Gasteiger partial charge in [0.1, 0.15) is 0 Å². The monoisotopic (exact) mass is 433 g/mol. The summed E-state index contributed by atoms with van der Waals surface area (Å²) in [5.41, 5.74) is 2.17. The van der Waals surface area contributed by atoms with Crippen LogP contribution in [0.3, 0.4) is 0 Å². The Hall–Kier alpha value is -2.52. The van der Waals surface area contributed by atoms with Crippen LogP contribution in [-0.4, -0.2) is 57.6 Å². The second kappa shape index (κ2) is 7.38. The number of sulfone groups is 1. The number of aromatic nitrogens is 4. The van der Waals surface area contributed by atoms with Gasteiger partial charge in [0.15, 0.2) is 9.84 Å². The summed E-state index contributed by atoms with van der Waals surface area (Å²) in [5, 5.41) is 3.94. The van der Waals surface area contributed by atoms with E-state index in [0.717, 1.165) is 11.4 Å². The zero-order valence-electron chi connectivity index (χ0n) is 16.0. The molecule has 1 unspecified atom stereocenters. The molecule has 4 rings (SSSR count). The van der Waals surface area contributed by atoms with Crippen molar-refractivity contribution in [2.75, 3.05) is 18.8 Å². The minimum Gasteiger partial charge on any atom is -0.335 e. The molecule has 1 amide bonds. The number of aryl methyl sites for hydroxylation is 2. The summed E-state index contributed by atoms with van der Waals surface area (Å²) in [6.45, 7) is 4.06. The van der Waals surface area contributed by atoms with E-state index in [1.807, 2.05) is 19.9 Å². The molecule has 1 saturated heterocycles. The normalized spacial score (nSPS) is 19.3. The summed E-state index contributed by atoms with van der Waals surface area (Å²) in [4.78, 5) is 23.0. The van der Waals surface area contributed by atoms with Crippen LogP contribution >= 0.6 is 11.6 Å². The third kappa shape index (κ3) is 3.72. The van der Waals surface area contributed by atoms with Gasteiger partial charge in [-0.1, -0.05) is 29.8 Å². The van der Waals surface area contributed by atoms with E-state index in [9.17, 15) is 13.2 Å². The first-order valence-corrected chi connectivity index (χ1v) is 11.3. The van der Waals surface area contributed by atoms with Gasteiger partial charge in [-0.2, -0.15) is 4.98 Å². The molecule has 3 heterocycles. The van der Waals surface area contributed by atoms with Gasteiger partial charge in [-0.3, -0.25) is 4.79 Å². The predicted octanol–water partition coefficient (Wildman–Crippen LogP) is 2.40. The average molecular weight is 434 g/mol. The number of nitrogens with zero attached hydrogens (tertiary/aromatic N) is 5. The van der Waals surface area contributed by atoms with E-state index in [0.29, 0.717) is 16.4 Å². The highest BCUT2D eigenvalue weighted by atomic mass is 35.5. The number of rotatable bonds is 2. The smallest absolute Gasteiger partial charge is 0.293 e. The molecular formula is C19H20ClN5O3S. The minimum absolute atomic E-state index is 0.0137. The van der Waals surface area contributed by atoms with Crippen LogP contribution in [0.4, 0.5) is 0 Å². The Morgan fingerprint density at radius 1 is 1.17 bits per heavy atom. The number of carbonyl (C=O) groups excluding carboxylic acids is 1. The number of hydrogen-bond acceptors (Lipinski definition) is 6. The van der Waals surface area contributed by atoms with Crippen LogP contribution in [0.1, 0.15) is 39.2 Å². The van der Waals surface area contributed by atoms with Crippen molar-refractivity contribution in [1.29, 1.82) is 0 Å². The van der Waals surface area contributed by atoms with Gasteiger partial charge in [-0.05, 0) is 38.0 Å². The fourth-order valence-electron chi connectivity index (χ4n) is 3.63. The van der Waals surface area contributed by atoms with E-state index in [4.69, 9.17) is 11.6 Å². The van der Waals surface area contributed by atoms with E-state index in [-0.39, 0.29) is 31.1 Å². The van der Waals surface area contributed by atoms with E-state index in [1.165, 1.54) is 9.42 Å². The summed E-state index contributed by atoms with van der Waals surface area (Å²) in [7, 11) is -3.46. The summed E-state index contributed by atoms with van der Waals surface area (Å²) < 4.78 is 27.2. The molecule has 0 radical (unpaired) electrons. The zero-order chi connectivity index (χ0) is 20.8. The maximum absolute atomic E-state index is 13.0. The lowest BCUT2D eigenvalue weighted by Gasteiger charge is -2.18. The molecule has 0 aliphatic carbocycles. The average Bonchev–Trinajstić information content (AvgIpc) is 3.02. The first-order chi connectivity index (χ1) is 13.8. The molecule has 0 bridgehead atoms. The SMILES string of the molecule is Cc1cc(C)n2nc(C(=O)N3CCC(c4ccccc4Cl)S(=O)(=O)CC3)nc2n1. The van der Waals surface area contributed by atoms with Gasteiger partial charge in [0.05, 0.1) is 11.0 Å². The molecule has 1 fully saturated rings. The van der Waals surface area contributed by atoms with Crippen molar-refractivity contribution in [1.82, 2.24) is 24.5 Å². The van der Waals surface area contributed by atoms with E-state index in [2.05, 4.69) is 15.1 Å². The van der Waals surface area contributed by atoms with Crippen LogP contribution in [0.5, 0.6) is 0 Å². The van der Waals surface area contributed by atoms with Gasteiger partial charge in [-0.15, -0.1) is 5.10 Å². The van der Waals surface area contributed by atoms with Crippen LogP contribution in [0.2, 0.25) is 5.02 Å². The molecule has 2 aromatic heterocycles. The molecule has 1 atom stereocenters. The lowest BCUT2D eigenvalue weighted by molar-refractivity contribution is 0.0754. The Bertz CT molecular complexity index is 1210. The van der Waals surface area contributed by atoms with Gasteiger partial charge in [0, 0.05) is 29.5 Å². The Morgan fingerprint density at radius 3 is 2.69 bits per heavy atom. The maximum Gasteiger partial charge on any atom is 0.293 e. The highest BCUT2D eigenvalue weighted by molar-refractivity contribution is 7.91. The topological polar surface area (TPSA) is 97.5 Å². The first kappa shape index (κ1) is 19.8. The highest BCUT2D eigenvalue weighted by Gasteiger charge is 2.34. The molecule has 29 heavy (non-hydrogen) atoms. The molecular weight excluding hydrogens is 414 g/mol. The molecule has 0 spiro atoms. The van der Waals surface area contributed by atoms with Gasteiger partial charge < -0.3 is 4.90 Å². The van der Waals surface area contributed by atoms with Crippen molar-refractivity contribution in [2.45, 2.75) is 25.5 Å². The van der Waals surface area contributed by atoms with Gasteiger partial charge in [0.2, 0.25) is 5.82 Å². The van der Waals surface area contributed by atoms with Crippen molar-refractivity contribution < 1.29 is 13.2 Å². The van der Waals surface area contributed by atoms with Crippen LogP contribution < -0.4 is 0 Å². The molecule has 0 saturated carbocycles. The number of hydrogen-bond donors (Lipinski definition) is 0. The maximum atomic E-state index is 13.0. The molecule has 152 valence electrons. The van der Waals surface area contributed by atoms with Crippen molar-refractivity contribution >= 4 is 33.1 Å². The molecule has 8 nitrogen and oxygen atoms in total. The molecule has 1 aliphatic heterocycles. The van der Waals surface area contributed by atoms with E-state index >= 15 is 0 Å². The number of halogens is 1. The number of benzene rings is 1. The second-order valence-corrected chi connectivity index (χ2v) is 9.85. The third-order valence-corrected chi connectivity index (χ3v) is 7.54. The Labute approximate surface area is 173 Å². The Balaban J connectivity index is 1.62. The quantitative estimate of drug-likeness (QED) is 0.615. The molecule has 1 aromatic carbocycles. The highest BCUT2D eigenvalue weighted by Crippen LogP contribution is 2.34. The van der Waals surface area contributed by atoms with Crippen LogP contribution in [0, 0.1) is 13.8 Å². The molecule has 10 heteroatoms. The summed E-state index contributed by atoms with van der Waals surface area (Å²) in [6.07, 6.45) is 0.265. The lowest BCUT2D eigenvalue weighted by atomic mass is 10.1. The van der Waals surface area contributed by atoms with E-state index < -0.39 is 21.0 Å². The van der Waals surface area contributed by atoms with Gasteiger partial charge >= 0.3 is 0 Å². The van der Waals surface area contributed by atoms with Crippen molar-refractivity contribution in [3.8, 4) is 0 Å². The summed E-state index contributed by atoms with van der Waals surface area (Å²) >= 11 is 6.23. The predicted molar refractivity (Wildman–Crippen MR) is 109 cm³/mol. The van der Waals surface area contributed by atoms with Crippen LogP contribution in [0.25, 0.3) is 5.78 Å². The Morgan fingerprint density at radius 2 is 1.93 bits per heavy atom. The van der Waals surface area contributed by atoms with Gasteiger partial charge in [0.25, 0.3) is 11.7 Å². The van der Waals surface area contributed by atoms with Crippen molar-refractivity contribution in [3.05, 3.63) is 58.1 Å². The summed E-state index contributed by atoms with van der Waals surface area (Å²) in [6, 6.07) is 8.78. The zero-order valence-corrected chi connectivity index (χ0v) is 17.6. The fraction of sp³-hybridized carbons (Fsp3) is 0.368. The lowest BCUT2D eigenvalue weighted by Crippen LogP contribution is -2.34. The van der Waals surface area contributed by atoms with Crippen molar-refractivity contribution in [2.24, 2.45) is 0 Å². The second-order valence-electron chi connectivity index (χ2n) is 7.14. The summed E-state index contributed by atoms with van der Waals surface area (Å²) in [5.74, 6) is -0.178. The number of fused-ring (bicyclic) bond motifs is 1. The molecule has 1 aliphatic rings. The molecule has 0 N–H and O–H groups in total. The Kier molecular flexibility index (Phi) is 5.04. The van der Waals surface area contributed by atoms with Crippen molar-refractivity contribution in [3.63, 3.8) is 0 Å². The first-order valence-electron chi connectivity index (χ1n) is 9.22. The molecule has 3 aromatic rings. The third-order valence-electron chi connectivity index (χ3n) is 5.09. The largest absolute Gasteiger partial charge is 0.335 e.